The van der Waals surface area contributed by atoms with Gasteiger partial charge in [-0.1, -0.05) is 74.0 Å². The van der Waals surface area contributed by atoms with Crippen LogP contribution in [0.3, 0.4) is 0 Å². The number of nitrogens with zero attached hydrogens (tertiary/aromatic N) is 1. The SMILES string of the molecule is Cc1cc(-c2ccc3c(c2)C(C)(C)CC3(C)C)ncc1-c1ccccc1Br. The van der Waals surface area contributed by atoms with Gasteiger partial charge in [0, 0.05) is 21.8 Å². The fourth-order valence-electron chi connectivity index (χ4n) is 4.82. The van der Waals surface area contributed by atoms with E-state index in [1.54, 1.807) is 0 Å². The lowest BCUT2D eigenvalue weighted by molar-refractivity contribution is 0.403. The molecule has 1 heterocycles. The van der Waals surface area contributed by atoms with Gasteiger partial charge in [0.25, 0.3) is 0 Å². The average molecular weight is 420 g/mol. The number of aromatic nitrogens is 1. The van der Waals surface area contributed by atoms with E-state index in [0.717, 1.165) is 10.2 Å². The van der Waals surface area contributed by atoms with Gasteiger partial charge in [-0.3, -0.25) is 4.98 Å². The molecule has 0 radical (unpaired) electrons. The zero-order valence-corrected chi connectivity index (χ0v) is 18.3. The number of fused-ring (bicyclic) bond motifs is 1. The molecule has 0 N–H and O–H groups in total. The first kappa shape index (κ1) is 18.4. The van der Waals surface area contributed by atoms with E-state index in [9.17, 15) is 0 Å². The molecule has 1 aromatic heterocycles. The van der Waals surface area contributed by atoms with Crippen LogP contribution < -0.4 is 0 Å². The fourth-order valence-corrected chi connectivity index (χ4v) is 5.32. The van der Waals surface area contributed by atoms with Crippen LogP contribution in [0.25, 0.3) is 22.4 Å². The summed E-state index contributed by atoms with van der Waals surface area (Å²) in [6.07, 6.45) is 3.19. The first-order valence-electron chi connectivity index (χ1n) is 9.56. The molecule has 0 spiro atoms. The van der Waals surface area contributed by atoms with Gasteiger partial charge in [-0.05, 0) is 64.6 Å². The highest BCUT2D eigenvalue weighted by Gasteiger charge is 2.41. The highest BCUT2D eigenvalue weighted by molar-refractivity contribution is 9.10. The lowest BCUT2D eigenvalue weighted by Crippen LogP contribution is -2.17. The van der Waals surface area contributed by atoms with Crippen molar-refractivity contribution in [3.63, 3.8) is 0 Å². The van der Waals surface area contributed by atoms with Gasteiger partial charge in [-0.15, -0.1) is 0 Å². The molecule has 138 valence electrons. The van der Waals surface area contributed by atoms with E-state index in [0.29, 0.717) is 0 Å². The van der Waals surface area contributed by atoms with Crippen LogP contribution >= 0.6 is 15.9 Å². The molecule has 4 rings (SSSR count). The predicted octanol–water partition coefficient (Wildman–Crippen LogP) is 7.45. The molecule has 2 aromatic carbocycles. The second-order valence-electron chi connectivity index (χ2n) is 9.07. The molecule has 0 saturated heterocycles. The normalized spacial score (nSPS) is 17.0. The Hall–Kier alpha value is -1.93. The van der Waals surface area contributed by atoms with Gasteiger partial charge in [0.05, 0.1) is 5.69 Å². The van der Waals surface area contributed by atoms with E-state index < -0.39 is 0 Å². The quantitative estimate of drug-likeness (QED) is 0.420. The van der Waals surface area contributed by atoms with Crippen molar-refractivity contribution < 1.29 is 0 Å². The van der Waals surface area contributed by atoms with Gasteiger partial charge in [-0.25, -0.2) is 0 Å². The zero-order chi connectivity index (χ0) is 19.4. The van der Waals surface area contributed by atoms with Gasteiger partial charge >= 0.3 is 0 Å². The molecule has 0 bridgehead atoms. The van der Waals surface area contributed by atoms with Crippen molar-refractivity contribution >= 4 is 15.9 Å². The second kappa shape index (κ2) is 6.31. The molecule has 0 fully saturated rings. The molecular weight excluding hydrogens is 394 g/mol. The van der Waals surface area contributed by atoms with Crippen LogP contribution in [-0.4, -0.2) is 4.98 Å². The van der Waals surface area contributed by atoms with Crippen molar-refractivity contribution in [2.24, 2.45) is 0 Å². The number of halogens is 1. The monoisotopic (exact) mass is 419 g/mol. The molecular formula is C25H26BrN. The first-order valence-corrected chi connectivity index (χ1v) is 10.4. The Labute approximate surface area is 171 Å². The van der Waals surface area contributed by atoms with Crippen LogP contribution in [0.2, 0.25) is 0 Å². The average Bonchev–Trinajstić information content (AvgIpc) is 2.80. The topological polar surface area (TPSA) is 12.9 Å². The number of pyridine rings is 1. The molecule has 1 aliphatic rings. The molecule has 27 heavy (non-hydrogen) atoms. The molecule has 0 aliphatic heterocycles. The van der Waals surface area contributed by atoms with Crippen LogP contribution in [0.1, 0.15) is 50.8 Å². The largest absolute Gasteiger partial charge is 0.256 e. The summed E-state index contributed by atoms with van der Waals surface area (Å²) in [6, 6.07) is 17.4. The fraction of sp³-hybridized carbons (Fsp3) is 0.320. The molecule has 1 aliphatic carbocycles. The van der Waals surface area contributed by atoms with Crippen molar-refractivity contribution in [1.29, 1.82) is 0 Å². The second-order valence-corrected chi connectivity index (χ2v) is 9.92. The van der Waals surface area contributed by atoms with Crippen LogP contribution in [0.15, 0.2) is 59.2 Å². The van der Waals surface area contributed by atoms with Crippen LogP contribution in [0, 0.1) is 6.92 Å². The minimum Gasteiger partial charge on any atom is -0.256 e. The lowest BCUT2D eigenvalue weighted by Gasteiger charge is -2.22. The molecule has 2 heteroatoms. The predicted molar refractivity (Wildman–Crippen MR) is 118 cm³/mol. The first-order chi connectivity index (χ1) is 12.7. The lowest BCUT2D eigenvalue weighted by atomic mass is 9.82. The molecule has 3 aromatic rings. The van der Waals surface area contributed by atoms with Crippen molar-refractivity contribution in [3.8, 4) is 22.4 Å². The Morgan fingerprint density at radius 2 is 1.56 bits per heavy atom. The Kier molecular flexibility index (Phi) is 4.31. The summed E-state index contributed by atoms with van der Waals surface area (Å²) in [7, 11) is 0. The van der Waals surface area contributed by atoms with E-state index in [4.69, 9.17) is 4.98 Å². The molecule has 0 unspecified atom stereocenters. The van der Waals surface area contributed by atoms with E-state index in [1.807, 2.05) is 12.3 Å². The van der Waals surface area contributed by atoms with Crippen LogP contribution in [0.5, 0.6) is 0 Å². The maximum Gasteiger partial charge on any atom is 0.0705 e. The van der Waals surface area contributed by atoms with Gasteiger partial charge in [0.15, 0.2) is 0 Å². The van der Waals surface area contributed by atoms with Gasteiger partial charge in [0.1, 0.15) is 0 Å². The summed E-state index contributed by atoms with van der Waals surface area (Å²) in [5.41, 5.74) is 9.26. The van der Waals surface area contributed by atoms with Crippen LogP contribution in [-0.2, 0) is 10.8 Å². The number of rotatable bonds is 2. The minimum atomic E-state index is 0.207. The van der Waals surface area contributed by atoms with Gasteiger partial charge in [-0.2, -0.15) is 0 Å². The third kappa shape index (κ3) is 3.14. The van der Waals surface area contributed by atoms with Gasteiger partial charge in [0.2, 0.25) is 0 Å². The Balaban J connectivity index is 1.78. The zero-order valence-electron chi connectivity index (χ0n) is 16.7. The summed E-state index contributed by atoms with van der Waals surface area (Å²) < 4.78 is 1.10. The highest BCUT2D eigenvalue weighted by Crippen LogP contribution is 2.50. The summed E-state index contributed by atoms with van der Waals surface area (Å²) in [5, 5.41) is 0. The number of aryl methyl sites for hydroxylation is 1. The van der Waals surface area contributed by atoms with E-state index in [1.165, 1.54) is 39.8 Å². The maximum atomic E-state index is 4.82. The smallest absolute Gasteiger partial charge is 0.0705 e. The van der Waals surface area contributed by atoms with E-state index in [-0.39, 0.29) is 10.8 Å². The summed E-state index contributed by atoms with van der Waals surface area (Å²) in [5.74, 6) is 0. The Morgan fingerprint density at radius 3 is 2.26 bits per heavy atom. The number of benzene rings is 2. The Bertz CT molecular complexity index is 1030. The Morgan fingerprint density at radius 1 is 0.852 bits per heavy atom. The molecule has 0 saturated carbocycles. The minimum absolute atomic E-state index is 0.207. The van der Waals surface area contributed by atoms with Crippen molar-refractivity contribution in [1.82, 2.24) is 4.98 Å². The van der Waals surface area contributed by atoms with Crippen molar-refractivity contribution in [2.45, 2.75) is 51.9 Å². The third-order valence-electron chi connectivity index (χ3n) is 5.93. The number of hydrogen-bond donors (Lipinski definition) is 0. The van der Waals surface area contributed by atoms with Crippen LogP contribution in [0.4, 0.5) is 0 Å². The van der Waals surface area contributed by atoms with Crippen molar-refractivity contribution in [3.05, 3.63) is 75.9 Å². The van der Waals surface area contributed by atoms with E-state index in [2.05, 4.69) is 93.0 Å². The number of hydrogen-bond acceptors (Lipinski definition) is 1. The molecule has 0 atom stereocenters. The maximum absolute atomic E-state index is 4.82. The van der Waals surface area contributed by atoms with E-state index >= 15 is 0 Å². The van der Waals surface area contributed by atoms with Gasteiger partial charge < -0.3 is 0 Å². The summed E-state index contributed by atoms with van der Waals surface area (Å²) in [4.78, 5) is 4.82. The third-order valence-corrected chi connectivity index (χ3v) is 6.62. The summed E-state index contributed by atoms with van der Waals surface area (Å²) in [6.45, 7) is 11.6. The summed E-state index contributed by atoms with van der Waals surface area (Å²) >= 11 is 3.66. The highest BCUT2D eigenvalue weighted by atomic mass is 79.9. The standard InChI is InChI=1S/C25H26BrN/c1-16-12-23(27-14-19(16)18-8-6-7-9-22(18)26)17-10-11-20-21(13-17)25(4,5)15-24(20,2)3/h6-14H,15H2,1-5H3. The molecule has 1 nitrogen and oxygen atoms in total. The van der Waals surface area contributed by atoms with Crippen molar-refractivity contribution in [2.75, 3.05) is 0 Å². The molecule has 0 amide bonds.